The minimum Gasteiger partial charge on any atom is -0.367 e. The number of hydrogen-bond acceptors (Lipinski definition) is 4. The van der Waals surface area contributed by atoms with Gasteiger partial charge in [0.15, 0.2) is 6.29 Å². The summed E-state index contributed by atoms with van der Waals surface area (Å²) in [5.74, 6) is 0. The summed E-state index contributed by atoms with van der Waals surface area (Å²) < 4.78 is 5.15. The molecule has 5 heteroatoms. The van der Waals surface area contributed by atoms with E-state index in [4.69, 9.17) is 4.74 Å². The maximum atomic E-state index is 10.8. The zero-order chi connectivity index (χ0) is 10.4. The summed E-state index contributed by atoms with van der Waals surface area (Å²) in [6, 6.07) is -0.880. The monoisotopic (exact) mass is 189 g/mol. The Morgan fingerprint density at radius 3 is 2.00 bits per heavy atom. The molecule has 0 spiro atoms. The predicted molar refractivity (Wildman–Crippen MR) is 45.7 cm³/mol. The molecule has 76 valence electrons. The van der Waals surface area contributed by atoms with Crippen LogP contribution in [0.5, 0.6) is 0 Å². The molecule has 1 fully saturated rings. The van der Waals surface area contributed by atoms with Crippen molar-refractivity contribution in [1.82, 2.24) is 0 Å². The number of aliphatic hydroxyl groups is 1. The largest absolute Gasteiger partial charge is 0.367 e. The lowest BCUT2D eigenvalue weighted by molar-refractivity contribution is -0.549. The average Bonchev–Trinajstić information content (AvgIpc) is 1.96. The lowest BCUT2D eigenvalue weighted by Crippen LogP contribution is -2.46. The highest BCUT2D eigenvalue weighted by Gasteiger charge is 2.62. The van der Waals surface area contributed by atoms with Crippen molar-refractivity contribution in [1.29, 1.82) is 0 Å². The zero-order valence-electron chi connectivity index (χ0n) is 8.27. The second-order valence-corrected chi connectivity index (χ2v) is 4.58. The van der Waals surface area contributed by atoms with Crippen LogP contribution in [-0.2, 0) is 4.74 Å². The van der Waals surface area contributed by atoms with Crippen molar-refractivity contribution >= 4 is 0 Å². The second-order valence-electron chi connectivity index (χ2n) is 4.58. The van der Waals surface area contributed by atoms with Crippen LogP contribution < -0.4 is 0 Å². The smallest absolute Gasteiger partial charge is 0.250 e. The van der Waals surface area contributed by atoms with Crippen LogP contribution in [0.4, 0.5) is 0 Å². The normalized spacial score (nSPS) is 36.1. The van der Waals surface area contributed by atoms with Crippen LogP contribution in [-0.4, -0.2) is 28.0 Å². The molecule has 1 heterocycles. The maximum absolute atomic E-state index is 10.8. The first-order valence-corrected chi connectivity index (χ1v) is 4.19. The van der Waals surface area contributed by atoms with Gasteiger partial charge >= 0.3 is 0 Å². The molecule has 2 atom stereocenters. The molecule has 0 aromatic rings. The lowest BCUT2D eigenvalue weighted by Gasteiger charge is -2.24. The van der Waals surface area contributed by atoms with E-state index in [0.717, 1.165) is 0 Å². The Labute approximate surface area is 76.8 Å². The summed E-state index contributed by atoms with van der Waals surface area (Å²) in [6.45, 7) is 6.52. The summed E-state index contributed by atoms with van der Waals surface area (Å²) in [5.41, 5.74) is -1.75. The molecular weight excluding hydrogens is 174 g/mol. The van der Waals surface area contributed by atoms with Gasteiger partial charge in [-0.25, -0.2) is 0 Å². The van der Waals surface area contributed by atoms with Crippen molar-refractivity contribution in [2.45, 2.75) is 45.6 Å². The molecule has 1 unspecified atom stereocenters. The van der Waals surface area contributed by atoms with Gasteiger partial charge in [0, 0.05) is 4.92 Å². The molecule has 1 rings (SSSR count). The molecule has 1 saturated heterocycles. The van der Waals surface area contributed by atoms with Crippen LogP contribution >= 0.6 is 0 Å². The van der Waals surface area contributed by atoms with Gasteiger partial charge in [-0.05, 0) is 27.7 Å². The highest BCUT2D eigenvalue weighted by Crippen LogP contribution is 2.44. The van der Waals surface area contributed by atoms with E-state index in [2.05, 4.69) is 0 Å². The number of aliphatic hydroxyl groups excluding tert-OH is 1. The van der Waals surface area contributed by atoms with Crippen molar-refractivity contribution in [2.75, 3.05) is 0 Å². The third kappa shape index (κ3) is 1.42. The van der Waals surface area contributed by atoms with Crippen LogP contribution in [0.25, 0.3) is 0 Å². The maximum Gasteiger partial charge on any atom is 0.250 e. The van der Waals surface area contributed by atoms with Crippen molar-refractivity contribution in [3.05, 3.63) is 10.1 Å². The summed E-state index contributed by atoms with van der Waals surface area (Å²) in [6.07, 6.45) is -1.07. The molecule has 5 nitrogen and oxygen atoms in total. The van der Waals surface area contributed by atoms with Gasteiger partial charge in [0.05, 0.1) is 5.41 Å². The Balaban J connectivity index is 3.07. The van der Waals surface area contributed by atoms with E-state index in [1.165, 1.54) is 0 Å². The summed E-state index contributed by atoms with van der Waals surface area (Å²) in [4.78, 5) is 10.4. The summed E-state index contributed by atoms with van der Waals surface area (Å²) in [7, 11) is 0. The molecule has 0 radical (unpaired) electrons. The van der Waals surface area contributed by atoms with Crippen molar-refractivity contribution in [3.8, 4) is 0 Å². The van der Waals surface area contributed by atoms with E-state index in [0.29, 0.717) is 0 Å². The highest BCUT2D eigenvalue weighted by atomic mass is 16.7. The van der Waals surface area contributed by atoms with E-state index in [-0.39, 0.29) is 4.92 Å². The Hall–Kier alpha value is -0.680. The number of nitro groups is 1. The summed E-state index contributed by atoms with van der Waals surface area (Å²) in [5, 5.41) is 20.3. The fourth-order valence-corrected chi connectivity index (χ4v) is 2.06. The molecule has 0 aliphatic carbocycles. The third-order valence-corrected chi connectivity index (χ3v) is 2.63. The van der Waals surface area contributed by atoms with Gasteiger partial charge in [-0.1, -0.05) is 0 Å². The van der Waals surface area contributed by atoms with Crippen LogP contribution in [0.15, 0.2) is 0 Å². The van der Waals surface area contributed by atoms with Crippen LogP contribution in [0, 0.1) is 15.5 Å². The van der Waals surface area contributed by atoms with Crippen LogP contribution in [0.1, 0.15) is 27.7 Å². The van der Waals surface area contributed by atoms with E-state index in [1.807, 2.05) is 0 Å². The van der Waals surface area contributed by atoms with Gasteiger partial charge in [0.2, 0.25) is 0 Å². The number of rotatable bonds is 1. The van der Waals surface area contributed by atoms with Gasteiger partial charge in [0.25, 0.3) is 6.04 Å². The SMILES string of the molecule is CC1(C)OC(O)C(C)(C)[C@H]1[N+](=O)[O-]. The van der Waals surface area contributed by atoms with Gasteiger partial charge in [0.1, 0.15) is 5.60 Å². The molecule has 1 N–H and O–H groups in total. The average molecular weight is 189 g/mol. The molecular formula is C8H15NO4. The molecule has 1 aliphatic rings. The first kappa shape index (κ1) is 10.4. The fourth-order valence-electron chi connectivity index (χ4n) is 2.06. The Bertz CT molecular complexity index is 236. The van der Waals surface area contributed by atoms with E-state index in [9.17, 15) is 15.2 Å². The van der Waals surface area contributed by atoms with Crippen molar-refractivity contribution in [3.63, 3.8) is 0 Å². The van der Waals surface area contributed by atoms with Gasteiger partial charge in [-0.3, -0.25) is 10.1 Å². The second kappa shape index (κ2) is 2.65. The molecule has 0 amide bonds. The van der Waals surface area contributed by atoms with E-state index in [1.54, 1.807) is 27.7 Å². The number of hydrogen-bond donors (Lipinski definition) is 1. The quantitative estimate of drug-likeness (QED) is 0.488. The zero-order valence-corrected chi connectivity index (χ0v) is 8.27. The molecule has 1 aliphatic heterocycles. The first-order chi connectivity index (χ1) is 5.69. The van der Waals surface area contributed by atoms with Gasteiger partial charge < -0.3 is 9.84 Å². The van der Waals surface area contributed by atoms with Crippen molar-refractivity contribution in [2.24, 2.45) is 5.41 Å². The van der Waals surface area contributed by atoms with Gasteiger partial charge in [-0.2, -0.15) is 0 Å². The molecule has 0 bridgehead atoms. The molecule has 0 aromatic carbocycles. The molecule has 13 heavy (non-hydrogen) atoms. The fraction of sp³-hybridized carbons (Fsp3) is 1.00. The molecule has 0 aromatic heterocycles. The standard InChI is InChI=1S/C8H15NO4/c1-7(2)5(9(11)12)8(3,4)13-6(7)10/h5-6,10H,1-4H3/t5-,6?/m1/s1. The number of ether oxygens (including phenoxy) is 1. The Morgan fingerprint density at radius 2 is 1.85 bits per heavy atom. The van der Waals surface area contributed by atoms with Crippen molar-refractivity contribution < 1.29 is 14.8 Å². The van der Waals surface area contributed by atoms with E-state index >= 15 is 0 Å². The van der Waals surface area contributed by atoms with Crippen LogP contribution in [0.2, 0.25) is 0 Å². The minimum absolute atomic E-state index is 0.379. The topological polar surface area (TPSA) is 72.6 Å². The first-order valence-electron chi connectivity index (χ1n) is 4.19. The van der Waals surface area contributed by atoms with Crippen LogP contribution in [0.3, 0.4) is 0 Å². The van der Waals surface area contributed by atoms with Gasteiger partial charge in [-0.15, -0.1) is 0 Å². The Morgan fingerprint density at radius 1 is 1.38 bits per heavy atom. The number of nitrogens with zero attached hydrogens (tertiary/aromatic N) is 1. The highest BCUT2D eigenvalue weighted by molar-refractivity contribution is 4.98. The van der Waals surface area contributed by atoms with E-state index < -0.39 is 23.3 Å². The predicted octanol–water partition coefficient (Wildman–Crippen LogP) is 0.785. The molecule has 0 saturated carbocycles. The lowest BCUT2D eigenvalue weighted by atomic mass is 9.79. The summed E-state index contributed by atoms with van der Waals surface area (Å²) >= 11 is 0. The third-order valence-electron chi connectivity index (χ3n) is 2.63. The Kier molecular flexibility index (Phi) is 2.12. The minimum atomic E-state index is -1.07.